The van der Waals surface area contributed by atoms with E-state index in [9.17, 15) is 0 Å². The van der Waals surface area contributed by atoms with Crippen molar-refractivity contribution in [1.29, 1.82) is 0 Å². The molecule has 0 aliphatic heterocycles. The summed E-state index contributed by atoms with van der Waals surface area (Å²) < 4.78 is 1.17. The van der Waals surface area contributed by atoms with Crippen LogP contribution in [0.4, 0.5) is 0 Å². The number of aryl methyl sites for hydroxylation is 1. The highest BCUT2D eigenvalue weighted by atomic mass is 32.1. The zero-order chi connectivity index (χ0) is 9.84. The molecule has 0 unspecified atom stereocenters. The maximum Gasteiger partial charge on any atom is 0.115 e. The van der Waals surface area contributed by atoms with Crippen LogP contribution in [-0.2, 0) is 0 Å². The Kier molecular flexibility index (Phi) is 3.49. The van der Waals surface area contributed by atoms with Crippen LogP contribution in [0.25, 0.3) is 10.1 Å². The molecule has 0 aromatic carbocycles. The second-order valence-corrected chi connectivity index (χ2v) is 3.43. The molecule has 2 heterocycles. The van der Waals surface area contributed by atoms with Gasteiger partial charge in [-0.3, -0.25) is 4.98 Å². The zero-order valence-corrected chi connectivity index (χ0v) is 8.98. The molecule has 0 atom stereocenters. The van der Waals surface area contributed by atoms with Crippen molar-refractivity contribution in [3.63, 3.8) is 0 Å². The molecule has 66 valence electrons. The Morgan fingerprint density at radius 3 is 2.62 bits per heavy atom. The predicted octanol–water partition coefficient (Wildman–Crippen LogP) is 2.42. The first-order chi connectivity index (χ1) is 6.29. The first-order valence-electron chi connectivity index (χ1n) is 4.36. The first-order valence-corrected chi connectivity index (χ1v) is 5.24. The molecule has 3 heteroatoms. The Labute approximate surface area is 84.2 Å². The molecule has 2 aromatic heterocycles. The summed E-state index contributed by atoms with van der Waals surface area (Å²) >= 11 is 1.64. The fourth-order valence-electron chi connectivity index (χ4n) is 1.19. The molecule has 1 nitrogen and oxygen atoms in total. The highest BCUT2D eigenvalue weighted by Crippen LogP contribution is 2.19. The van der Waals surface area contributed by atoms with Crippen molar-refractivity contribution in [2.24, 2.45) is 0 Å². The molecular weight excluding hydrogens is 177 g/mol. The smallest absolute Gasteiger partial charge is 0.115 e. The van der Waals surface area contributed by atoms with Gasteiger partial charge in [-0.1, -0.05) is 19.3 Å². The predicted molar refractivity (Wildman–Crippen MR) is 61.1 cm³/mol. The molecule has 2 rings (SSSR count). The van der Waals surface area contributed by atoms with Gasteiger partial charge in [0.25, 0.3) is 0 Å². The van der Waals surface area contributed by atoms with Crippen molar-refractivity contribution >= 4 is 34.7 Å². The average Bonchev–Trinajstić information content (AvgIpc) is 2.53. The van der Waals surface area contributed by atoms with Gasteiger partial charge in [0.2, 0.25) is 0 Å². The van der Waals surface area contributed by atoms with Gasteiger partial charge in [-0.25, -0.2) is 0 Å². The third-order valence-corrected chi connectivity index (χ3v) is 2.64. The Bertz CT molecular complexity index is 395. The molecule has 0 aliphatic carbocycles. The standard InChI is InChI=1S/C8H6BNS.C2H6/c1-5-2-10-3-7-8(5)6(9)4-11-7;1-2/h2-4H,1H3;1-2H3. The minimum Gasteiger partial charge on any atom is -0.263 e. The number of thiophene rings is 1. The van der Waals surface area contributed by atoms with Gasteiger partial charge in [0.15, 0.2) is 0 Å². The summed E-state index contributed by atoms with van der Waals surface area (Å²) in [6, 6.07) is 0. The lowest BCUT2D eigenvalue weighted by Gasteiger charge is -1.94. The molecule has 0 N–H and O–H groups in total. The summed E-state index contributed by atoms with van der Waals surface area (Å²) in [7, 11) is 5.76. The number of aromatic nitrogens is 1. The molecule has 2 aromatic rings. The zero-order valence-electron chi connectivity index (χ0n) is 8.16. The lowest BCUT2D eigenvalue weighted by atomic mass is 9.94. The van der Waals surface area contributed by atoms with Gasteiger partial charge in [-0.15, -0.1) is 11.3 Å². The fourth-order valence-corrected chi connectivity index (χ4v) is 2.08. The summed E-state index contributed by atoms with van der Waals surface area (Å²) in [6.07, 6.45) is 3.69. The Hall–Kier alpha value is -0.825. The van der Waals surface area contributed by atoms with E-state index >= 15 is 0 Å². The van der Waals surface area contributed by atoms with E-state index in [-0.39, 0.29) is 0 Å². The maximum absolute atomic E-state index is 5.76. The average molecular weight is 189 g/mol. The summed E-state index contributed by atoms with van der Waals surface area (Å²) in [4.78, 5) is 4.08. The molecule has 13 heavy (non-hydrogen) atoms. The summed E-state index contributed by atoms with van der Waals surface area (Å²) in [5.41, 5.74) is 2.02. The fraction of sp³-hybridized carbons (Fsp3) is 0.300. The molecule has 0 amide bonds. The quantitative estimate of drug-likeness (QED) is 0.580. The van der Waals surface area contributed by atoms with Crippen LogP contribution in [0, 0.1) is 6.92 Å². The molecule has 0 spiro atoms. The van der Waals surface area contributed by atoms with Crippen LogP contribution in [0.3, 0.4) is 0 Å². The molecule has 0 bridgehead atoms. The van der Waals surface area contributed by atoms with Gasteiger partial charge in [0.1, 0.15) is 7.85 Å². The Balaban J connectivity index is 0.000000396. The van der Waals surface area contributed by atoms with Crippen LogP contribution in [0.5, 0.6) is 0 Å². The number of hydrogen-bond acceptors (Lipinski definition) is 2. The third kappa shape index (κ3) is 1.91. The number of hydrogen-bond donors (Lipinski definition) is 0. The van der Waals surface area contributed by atoms with E-state index < -0.39 is 0 Å². The van der Waals surface area contributed by atoms with E-state index in [4.69, 9.17) is 7.85 Å². The number of nitrogens with zero attached hydrogens (tertiary/aromatic N) is 1. The lowest BCUT2D eigenvalue weighted by Crippen LogP contribution is -1.98. The van der Waals surface area contributed by atoms with Crippen molar-refractivity contribution in [3.05, 3.63) is 23.3 Å². The van der Waals surface area contributed by atoms with Crippen molar-refractivity contribution in [3.8, 4) is 0 Å². The summed E-state index contributed by atoms with van der Waals surface area (Å²) in [6.45, 7) is 6.03. The van der Waals surface area contributed by atoms with Crippen LogP contribution >= 0.6 is 11.3 Å². The highest BCUT2D eigenvalue weighted by molar-refractivity contribution is 7.18. The second kappa shape index (κ2) is 4.42. The molecule has 2 radical (unpaired) electrons. The number of pyridine rings is 1. The minimum atomic E-state index is 0.866. The first kappa shape index (κ1) is 10.3. The van der Waals surface area contributed by atoms with Gasteiger partial charge >= 0.3 is 0 Å². The number of rotatable bonds is 0. The van der Waals surface area contributed by atoms with E-state index in [0.29, 0.717) is 0 Å². The molecule has 0 saturated heterocycles. The van der Waals surface area contributed by atoms with E-state index in [0.717, 1.165) is 16.4 Å². The molecule has 0 aliphatic rings. The normalized spacial score (nSPS) is 9.46. The largest absolute Gasteiger partial charge is 0.263 e. The SMILES string of the molecule is CC.[B]c1csc2cncc(C)c12. The topological polar surface area (TPSA) is 12.9 Å². The van der Waals surface area contributed by atoms with E-state index in [1.165, 1.54) is 4.70 Å². The number of fused-ring (bicyclic) bond motifs is 1. The lowest BCUT2D eigenvalue weighted by molar-refractivity contribution is 1.32. The molecule has 0 fully saturated rings. The van der Waals surface area contributed by atoms with Crippen molar-refractivity contribution < 1.29 is 0 Å². The molecule has 0 saturated carbocycles. The van der Waals surface area contributed by atoms with Crippen molar-refractivity contribution in [1.82, 2.24) is 4.98 Å². The van der Waals surface area contributed by atoms with Crippen LogP contribution in [0.2, 0.25) is 0 Å². The van der Waals surface area contributed by atoms with E-state index in [2.05, 4.69) is 4.98 Å². The van der Waals surface area contributed by atoms with Crippen LogP contribution in [-0.4, -0.2) is 12.8 Å². The maximum atomic E-state index is 5.76. The van der Waals surface area contributed by atoms with Crippen molar-refractivity contribution in [2.75, 3.05) is 0 Å². The summed E-state index contributed by atoms with van der Waals surface area (Å²) in [5.74, 6) is 0. The van der Waals surface area contributed by atoms with E-state index in [1.807, 2.05) is 38.5 Å². The Morgan fingerprint density at radius 1 is 1.31 bits per heavy atom. The monoisotopic (exact) mass is 189 g/mol. The van der Waals surface area contributed by atoms with Crippen LogP contribution in [0.15, 0.2) is 17.8 Å². The summed E-state index contributed by atoms with van der Waals surface area (Å²) in [5, 5.41) is 3.12. The van der Waals surface area contributed by atoms with Crippen molar-refractivity contribution in [2.45, 2.75) is 20.8 Å². The third-order valence-electron chi connectivity index (χ3n) is 1.70. The van der Waals surface area contributed by atoms with E-state index in [1.54, 1.807) is 11.3 Å². The van der Waals surface area contributed by atoms with Crippen LogP contribution < -0.4 is 5.46 Å². The van der Waals surface area contributed by atoms with Gasteiger partial charge in [0.05, 0.1) is 4.70 Å². The van der Waals surface area contributed by atoms with Gasteiger partial charge in [-0.2, -0.15) is 0 Å². The minimum absolute atomic E-state index is 0.866. The van der Waals surface area contributed by atoms with Gasteiger partial charge in [-0.05, 0) is 23.3 Å². The van der Waals surface area contributed by atoms with Gasteiger partial charge in [0, 0.05) is 12.4 Å². The highest BCUT2D eigenvalue weighted by Gasteiger charge is 2.01. The second-order valence-electron chi connectivity index (χ2n) is 2.52. The molecular formula is C10H12BNS. The van der Waals surface area contributed by atoms with Crippen LogP contribution in [0.1, 0.15) is 19.4 Å². The van der Waals surface area contributed by atoms with Gasteiger partial charge < -0.3 is 0 Å². The Morgan fingerprint density at radius 2 is 2.00 bits per heavy atom.